The predicted molar refractivity (Wildman–Crippen MR) is 58.1 cm³/mol. The normalized spacial score (nSPS) is 39.9. The highest BCUT2D eigenvalue weighted by atomic mass is 32.2. The molecule has 1 aliphatic heterocycles. The molecular formula is C9H18O6S. The molecule has 0 saturated carbocycles. The standard InChI is InChI=1S/C9H18O6S/c1-16-3-2-14-9-8(13)7(12)6(11)5(4-10)15-9/h5-13H,2-4H2,1H3/t5?,6-,7?,8?,9+/m0/s1. The second-order valence-corrected chi connectivity index (χ2v) is 4.55. The Morgan fingerprint density at radius 1 is 1.19 bits per heavy atom. The molecule has 1 rings (SSSR count). The number of rotatable bonds is 5. The van der Waals surface area contributed by atoms with Crippen molar-refractivity contribution in [2.75, 3.05) is 25.2 Å². The van der Waals surface area contributed by atoms with Gasteiger partial charge in [0.05, 0.1) is 13.2 Å². The second kappa shape index (κ2) is 6.75. The number of hydrogen-bond acceptors (Lipinski definition) is 7. The van der Waals surface area contributed by atoms with E-state index in [9.17, 15) is 15.3 Å². The quantitative estimate of drug-likeness (QED) is 0.428. The highest BCUT2D eigenvalue weighted by molar-refractivity contribution is 7.98. The van der Waals surface area contributed by atoms with Crippen LogP contribution in [0, 0.1) is 0 Å². The number of hydrogen-bond donors (Lipinski definition) is 4. The van der Waals surface area contributed by atoms with Gasteiger partial charge >= 0.3 is 0 Å². The summed E-state index contributed by atoms with van der Waals surface area (Å²) >= 11 is 1.58. The molecule has 0 radical (unpaired) electrons. The molecule has 0 aromatic heterocycles. The summed E-state index contributed by atoms with van der Waals surface area (Å²) in [5.74, 6) is 0.731. The van der Waals surface area contributed by atoms with Crippen molar-refractivity contribution in [3.63, 3.8) is 0 Å². The van der Waals surface area contributed by atoms with E-state index in [-0.39, 0.29) is 0 Å². The average molecular weight is 254 g/mol. The van der Waals surface area contributed by atoms with Crippen molar-refractivity contribution in [3.8, 4) is 0 Å². The third-order valence-corrected chi connectivity index (χ3v) is 2.99. The lowest BCUT2D eigenvalue weighted by Crippen LogP contribution is -2.59. The summed E-state index contributed by atoms with van der Waals surface area (Å²) in [6.45, 7) is -0.0722. The number of aliphatic hydroxyl groups excluding tert-OH is 4. The minimum atomic E-state index is -1.37. The van der Waals surface area contributed by atoms with Crippen LogP contribution in [0.25, 0.3) is 0 Å². The Hall–Kier alpha value is 0.110. The van der Waals surface area contributed by atoms with Gasteiger partial charge in [0, 0.05) is 5.75 Å². The zero-order valence-corrected chi connectivity index (χ0v) is 9.84. The van der Waals surface area contributed by atoms with Crippen LogP contribution in [0.1, 0.15) is 0 Å². The van der Waals surface area contributed by atoms with Gasteiger partial charge in [-0.15, -0.1) is 0 Å². The lowest BCUT2D eigenvalue weighted by molar-refractivity contribution is -0.299. The first-order valence-corrected chi connectivity index (χ1v) is 6.42. The van der Waals surface area contributed by atoms with Crippen molar-refractivity contribution >= 4 is 11.8 Å². The molecule has 16 heavy (non-hydrogen) atoms. The Kier molecular flexibility index (Phi) is 5.98. The highest BCUT2D eigenvalue weighted by Gasteiger charge is 2.43. The van der Waals surface area contributed by atoms with E-state index in [1.807, 2.05) is 6.26 Å². The molecule has 0 amide bonds. The van der Waals surface area contributed by atoms with E-state index in [2.05, 4.69) is 0 Å². The number of aliphatic hydroxyl groups is 4. The van der Waals surface area contributed by atoms with Crippen LogP contribution in [0.15, 0.2) is 0 Å². The van der Waals surface area contributed by atoms with Crippen LogP contribution in [0.5, 0.6) is 0 Å². The van der Waals surface area contributed by atoms with E-state index in [1.54, 1.807) is 11.8 Å². The monoisotopic (exact) mass is 254 g/mol. The van der Waals surface area contributed by atoms with Crippen molar-refractivity contribution in [1.82, 2.24) is 0 Å². The van der Waals surface area contributed by atoms with E-state index in [0.29, 0.717) is 6.61 Å². The molecule has 5 atom stereocenters. The first-order chi connectivity index (χ1) is 7.61. The molecule has 0 aromatic rings. The van der Waals surface area contributed by atoms with Gasteiger partial charge in [0.2, 0.25) is 0 Å². The summed E-state index contributed by atoms with van der Waals surface area (Å²) in [5.41, 5.74) is 0. The van der Waals surface area contributed by atoms with Crippen LogP contribution in [0.2, 0.25) is 0 Å². The second-order valence-electron chi connectivity index (χ2n) is 3.56. The average Bonchev–Trinajstić information content (AvgIpc) is 2.29. The first-order valence-electron chi connectivity index (χ1n) is 5.03. The van der Waals surface area contributed by atoms with Crippen molar-refractivity contribution in [2.24, 2.45) is 0 Å². The Balaban J connectivity index is 2.50. The van der Waals surface area contributed by atoms with E-state index < -0.39 is 37.3 Å². The fourth-order valence-electron chi connectivity index (χ4n) is 1.45. The molecule has 0 aliphatic carbocycles. The van der Waals surface area contributed by atoms with Gasteiger partial charge in [0.25, 0.3) is 0 Å². The number of ether oxygens (including phenoxy) is 2. The highest BCUT2D eigenvalue weighted by Crippen LogP contribution is 2.21. The Labute approximate surface area is 98.2 Å². The largest absolute Gasteiger partial charge is 0.394 e. The summed E-state index contributed by atoms with van der Waals surface area (Å²) in [6, 6.07) is 0. The molecule has 0 aromatic carbocycles. The van der Waals surface area contributed by atoms with Crippen LogP contribution in [0.3, 0.4) is 0 Å². The van der Waals surface area contributed by atoms with Gasteiger partial charge in [0.1, 0.15) is 24.4 Å². The fourth-order valence-corrected chi connectivity index (χ4v) is 1.72. The summed E-state index contributed by atoms with van der Waals surface area (Å²) in [4.78, 5) is 0. The zero-order valence-electron chi connectivity index (χ0n) is 9.02. The van der Waals surface area contributed by atoms with Gasteiger partial charge in [-0.1, -0.05) is 0 Å². The number of thioether (sulfide) groups is 1. The van der Waals surface area contributed by atoms with Gasteiger partial charge < -0.3 is 29.9 Å². The smallest absolute Gasteiger partial charge is 0.186 e. The van der Waals surface area contributed by atoms with Gasteiger partial charge in [-0.2, -0.15) is 11.8 Å². The van der Waals surface area contributed by atoms with Gasteiger partial charge in [-0.3, -0.25) is 0 Å². The van der Waals surface area contributed by atoms with Crippen LogP contribution in [-0.2, 0) is 9.47 Å². The molecule has 6 nitrogen and oxygen atoms in total. The predicted octanol–water partition coefficient (Wildman–Crippen LogP) is -1.83. The van der Waals surface area contributed by atoms with Crippen LogP contribution in [-0.4, -0.2) is 76.4 Å². The van der Waals surface area contributed by atoms with E-state index in [4.69, 9.17) is 14.6 Å². The molecule has 1 fully saturated rings. The molecule has 3 unspecified atom stereocenters. The SMILES string of the molecule is CSCCO[C@@H]1OC(CO)[C@H](O)C(O)C1O. The Morgan fingerprint density at radius 2 is 1.88 bits per heavy atom. The van der Waals surface area contributed by atoms with E-state index in [1.165, 1.54) is 0 Å². The molecule has 4 N–H and O–H groups in total. The Morgan fingerprint density at radius 3 is 2.44 bits per heavy atom. The molecule has 1 heterocycles. The minimum Gasteiger partial charge on any atom is -0.394 e. The topological polar surface area (TPSA) is 99.4 Å². The van der Waals surface area contributed by atoms with Crippen LogP contribution >= 0.6 is 11.8 Å². The summed E-state index contributed by atoms with van der Waals surface area (Å²) in [7, 11) is 0. The zero-order chi connectivity index (χ0) is 12.1. The molecule has 1 saturated heterocycles. The van der Waals surface area contributed by atoms with Crippen LogP contribution in [0.4, 0.5) is 0 Å². The first kappa shape index (κ1) is 14.2. The maximum absolute atomic E-state index is 9.57. The maximum Gasteiger partial charge on any atom is 0.186 e. The minimum absolute atomic E-state index is 0.365. The van der Waals surface area contributed by atoms with Gasteiger partial charge in [-0.05, 0) is 6.26 Å². The Bertz CT molecular complexity index is 202. The van der Waals surface area contributed by atoms with Gasteiger partial charge in [0.15, 0.2) is 6.29 Å². The van der Waals surface area contributed by atoms with Gasteiger partial charge in [-0.25, -0.2) is 0 Å². The third-order valence-electron chi connectivity index (χ3n) is 2.42. The van der Waals surface area contributed by atoms with Crippen molar-refractivity contribution in [1.29, 1.82) is 0 Å². The lowest BCUT2D eigenvalue weighted by atomic mass is 9.99. The summed E-state index contributed by atoms with van der Waals surface area (Å²) in [5, 5.41) is 37.4. The summed E-state index contributed by atoms with van der Waals surface area (Å²) in [6.07, 6.45) is -4.01. The fraction of sp³-hybridized carbons (Fsp3) is 1.00. The lowest BCUT2D eigenvalue weighted by Gasteiger charge is -2.39. The third kappa shape index (κ3) is 3.30. The van der Waals surface area contributed by atoms with Crippen molar-refractivity contribution in [3.05, 3.63) is 0 Å². The summed E-state index contributed by atoms with van der Waals surface area (Å²) < 4.78 is 10.3. The van der Waals surface area contributed by atoms with Crippen LogP contribution < -0.4 is 0 Å². The molecular weight excluding hydrogens is 236 g/mol. The van der Waals surface area contributed by atoms with Crippen molar-refractivity contribution < 1.29 is 29.9 Å². The van der Waals surface area contributed by atoms with E-state index >= 15 is 0 Å². The van der Waals surface area contributed by atoms with Crippen molar-refractivity contribution in [2.45, 2.75) is 30.7 Å². The molecule has 7 heteroatoms. The molecule has 0 bridgehead atoms. The molecule has 1 aliphatic rings. The molecule has 96 valence electrons. The molecule has 0 spiro atoms. The van der Waals surface area contributed by atoms with E-state index in [0.717, 1.165) is 5.75 Å². The maximum atomic E-state index is 9.57.